The lowest BCUT2D eigenvalue weighted by atomic mass is 9.93. The van der Waals surface area contributed by atoms with Crippen LogP contribution in [0, 0.1) is 11.3 Å². The molecule has 1 saturated heterocycles. The van der Waals surface area contributed by atoms with Crippen LogP contribution in [0.4, 0.5) is 0 Å². The van der Waals surface area contributed by atoms with Crippen molar-refractivity contribution in [2.75, 3.05) is 13.2 Å². The van der Waals surface area contributed by atoms with Crippen molar-refractivity contribution in [2.45, 2.75) is 31.7 Å². The third-order valence-corrected chi connectivity index (χ3v) is 5.49. The molecule has 2 aliphatic rings. The van der Waals surface area contributed by atoms with Crippen molar-refractivity contribution in [2.24, 2.45) is 11.3 Å². The monoisotopic (exact) mass is 381 g/mol. The highest BCUT2D eigenvalue weighted by atomic mass is 79.9. The second kappa shape index (κ2) is 6.61. The molecule has 1 saturated carbocycles. The van der Waals surface area contributed by atoms with Crippen LogP contribution in [0.2, 0.25) is 0 Å². The van der Waals surface area contributed by atoms with E-state index in [4.69, 9.17) is 9.84 Å². The molecule has 1 aliphatic heterocycles. The Hall–Kier alpha value is -1.40. The van der Waals surface area contributed by atoms with Crippen LogP contribution in [0.5, 0.6) is 0 Å². The van der Waals surface area contributed by atoms with E-state index in [1.54, 1.807) is 0 Å². The number of amides is 1. The number of carbonyl (C=O) groups is 2. The molecule has 124 valence electrons. The van der Waals surface area contributed by atoms with E-state index in [2.05, 4.69) is 21.2 Å². The van der Waals surface area contributed by atoms with Gasteiger partial charge in [-0.15, -0.1) is 0 Å². The second-order valence-corrected chi connectivity index (χ2v) is 7.36. The van der Waals surface area contributed by atoms with Crippen LogP contribution in [0.15, 0.2) is 28.7 Å². The lowest BCUT2D eigenvalue weighted by Gasteiger charge is -2.23. The zero-order valence-electron chi connectivity index (χ0n) is 12.8. The Morgan fingerprint density at radius 1 is 1.30 bits per heavy atom. The molecular weight excluding hydrogens is 362 g/mol. The minimum Gasteiger partial charge on any atom is -0.481 e. The molecule has 2 N–H and O–H groups in total. The van der Waals surface area contributed by atoms with Crippen LogP contribution >= 0.6 is 15.9 Å². The predicted octanol–water partition coefficient (Wildman–Crippen LogP) is 2.90. The minimum absolute atomic E-state index is 0.00172. The van der Waals surface area contributed by atoms with Crippen LogP contribution in [-0.4, -0.2) is 30.2 Å². The van der Waals surface area contributed by atoms with Crippen molar-refractivity contribution in [3.63, 3.8) is 0 Å². The summed E-state index contributed by atoms with van der Waals surface area (Å²) in [4.78, 5) is 23.7. The highest BCUT2D eigenvalue weighted by molar-refractivity contribution is 9.10. The van der Waals surface area contributed by atoms with Gasteiger partial charge in [0.1, 0.15) is 0 Å². The SMILES string of the molecule is O=C(O)C[C@@H](NC(=O)[C@@H]1CC12CCOCC2)c1ccc(Br)cc1. The molecule has 1 spiro atoms. The second-order valence-electron chi connectivity index (χ2n) is 6.44. The van der Waals surface area contributed by atoms with Crippen LogP contribution < -0.4 is 5.32 Å². The average Bonchev–Trinajstić information content (AvgIpc) is 3.21. The largest absolute Gasteiger partial charge is 0.481 e. The summed E-state index contributed by atoms with van der Waals surface area (Å²) in [5.74, 6) is -0.950. The average molecular weight is 382 g/mol. The predicted molar refractivity (Wildman–Crippen MR) is 87.9 cm³/mol. The molecule has 0 unspecified atom stereocenters. The quantitative estimate of drug-likeness (QED) is 0.821. The number of aliphatic carboxylic acids is 1. The first-order valence-electron chi connectivity index (χ1n) is 7.85. The number of ether oxygens (including phenoxy) is 1. The molecule has 23 heavy (non-hydrogen) atoms. The third kappa shape index (κ3) is 3.75. The van der Waals surface area contributed by atoms with E-state index in [-0.39, 0.29) is 23.7 Å². The van der Waals surface area contributed by atoms with Gasteiger partial charge < -0.3 is 15.2 Å². The van der Waals surface area contributed by atoms with Gasteiger partial charge in [-0.1, -0.05) is 28.1 Å². The summed E-state index contributed by atoms with van der Waals surface area (Å²) < 4.78 is 6.29. The Balaban J connectivity index is 1.67. The third-order valence-electron chi connectivity index (χ3n) is 4.96. The summed E-state index contributed by atoms with van der Waals surface area (Å²) in [6.45, 7) is 1.43. The van der Waals surface area contributed by atoms with Crippen molar-refractivity contribution >= 4 is 27.8 Å². The van der Waals surface area contributed by atoms with Crippen molar-refractivity contribution in [1.29, 1.82) is 0 Å². The maximum atomic E-state index is 12.6. The van der Waals surface area contributed by atoms with Gasteiger partial charge in [0.2, 0.25) is 5.91 Å². The zero-order chi connectivity index (χ0) is 16.4. The first-order chi connectivity index (χ1) is 11.0. The lowest BCUT2D eigenvalue weighted by molar-refractivity contribution is -0.137. The van der Waals surface area contributed by atoms with Gasteiger partial charge in [-0.25, -0.2) is 0 Å². The Morgan fingerprint density at radius 3 is 2.57 bits per heavy atom. The molecule has 1 amide bonds. The van der Waals surface area contributed by atoms with Crippen molar-refractivity contribution in [3.05, 3.63) is 34.3 Å². The number of carboxylic acids is 1. The molecule has 2 fully saturated rings. The van der Waals surface area contributed by atoms with E-state index in [9.17, 15) is 9.59 Å². The summed E-state index contributed by atoms with van der Waals surface area (Å²) in [6, 6.07) is 6.90. The highest BCUT2D eigenvalue weighted by Gasteiger charge is 2.58. The minimum atomic E-state index is -0.921. The summed E-state index contributed by atoms with van der Waals surface area (Å²) >= 11 is 3.36. The first kappa shape index (κ1) is 16.5. The summed E-state index contributed by atoms with van der Waals surface area (Å²) in [7, 11) is 0. The fourth-order valence-electron chi connectivity index (χ4n) is 3.44. The normalized spacial score (nSPS) is 23.3. The molecule has 0 radical (unpaired) electrons. The summed E-state index contributed by atoms with van der Waals surface area (Å²) in [6.07, 6.45) is 2.62. The Labute approximate surface area is 143 Å². The van der Waals surface area contributed by atoms with E-state index >= 15 is 0 Å². The van der Waals surface area contributed by atoms with Gasteiger partial charge in [-0.05, 0) is 42.4 Å². The zero-order valence-corrected chi connectivity index (χ0v) is 14.3. The van der Waals surface area contributed by atoms with Gasteiger partial charge in [-0.2, -0.15) is 0 Å². The molecular formula is C17H20BrNO4. The standard InChI is InChI=1S/C17H20BrNO4/c18-12-3-1-11(2-4-12)14(9-15(20)21)19-16(22)13-10-17(13)5-7-23-8-6-17/h1-4,13-14H,5-10H2,(H,19,22)(H,20,21)/t13-,14+/m0/s1. The van der Waals surface area contributed by atoms with Gasteiger partial charge >= 0.3 is 5.97 Å². The fourth-order valence-corrected chi connectivity index (χ4v) is 3.71. The molecule has 3 rings (SSSR count). The molecule has 0 bridgehead atoms. The van der Waals surface area contributed by atoms with E-state index in [1.807, 2.05) is 24.3 Å². The highest BCUT2D eigenvalue weighted by Crippen LogP contribution is 2.59. The topological polar surface area (TPSA) is 75.6 Å². The van der Waals surface area contributed by atoms with E-state index in [0.717, 1.165) is 42.5 Å². The molecule has 2 atom stereocenters. The smallest absolute Gasteiger partial charge is 0.305 e. The number of rotatable bonds is 5. The summed E-state index contributed by atoms with van der Waals surface area (Å²) in [5.41, 5.74) is 0.904. The van der Waals surface area contributed by atoms with Crippen LogP contribution in [0.1, 0.15) is 37.3 Å². The Kier molecular flexibility index (Phi) is 4.73. The van der Waals surface area contributed by atoms with Gasteiger partial charge in [0.15, 0.2) is 0 Å². The van der Waals surface area contributed by atoms with Gasteiger partial charge in [0.25, 0.3) is 0 Å². The maximum Gasteiger partial charge on any atom is 0.305 e. The van der Waals surface area contributed by atoms with Crippen LogP contribution in [0.3, 0.4) is 0 Å². The molecule has 1 aliphatic carbocycles. The van der Waals surface area contributed by atoms with Crippen molar-refractivity contribution in [1.82, 2.24) is 5.32 Å². The molecule has 5 nitrogen and oxygen atoms in total. The first-order valence-corrected chi connectivity index (χ1v) is 8.65. The van der Waals surface area contributed by atoms with Crippen LogP contribution in [0.25, 0.3) is 0 Å². The van der Waals surface area contributed by atoms with E-state index < -0.39 is 12.0 Å². The van der Waals surface area contributed by atoms with Crippen LogP contribution in [-0.2, 0) is 14.3 Å². The number of carboxylic acid groups (broad SMARTS) is 1. The molecule has 6 heteroatoms. The number of benzene rings is 1. The molecule has 0 aromatic heterocycles. The number of nitrogens with one attached hydrogen (secondary N) is 1. The lowest BCUT2D eigenvalue weighted by Crippen LogP contribution is -2.33. The number of carbonyl (C=O) groups excluding carboxylic acids is 1. The number of halogens is 1. The molecule has 1 aromatic carbocycles. The van der Waals surface area contributed by atoms with Gasteiger partial charge in [0.05, 0.1) is 12.5 Å². The number of hydrogen-bond donors (Lipinski definition) is 2. The summed E-state index contributed by atoms with van der Waals surface area (Å²) in [5, 5.41) is 12.1. The van der Waals surface area contributed by atoms with E-state index in [0.29, 0.717) is 0 Å². The Morgan fingerprint density at radius 2 is 1.96 bits per heavy atom. The Bertz CT molecular complexity index is 595. The molecule has 1 heterocycles. The van der Waals surface area contributed by atoms with E-state index in [1.165, 1.54) is 0 Å². The number of hydrogen-bond acceptors (Lipinski definition) is 3. The van der Waals surface area contributed by atoms with Crippen molar-refractivity contribution < 1.29 is 19.4 Å². The molecule has 1 aromatic rings. The maximum absolute atomic E-state index is 12.6. The van der Waals surface area contributed by atoms with Gasteiger partial charge in [0, 0.05) is 23.6 Å². The fraction of sp³-hybridized carbons (Fsp3) is 0.529. The van der Waals surface area contributed by atoms with Gasteiger partial charge in [-0.3, -0.25) is 9.59 Å². The van der Waals surface area contributed by atoms with Crippen molar-refractivity contribution in [3.8, 4) is 0 Å².